The Morgan fingerprint density at radius 1 is 1.05 bits per heavy atom. The van der Waals surface area contributed by atoms with Crippen molar-refractivity contribution in [3.05, 3.63) is 54.2 Å². The number of aromatic nitrogens is 1. The summed E-state index contributed by atoms with van der Waals surface area (Å²) in [5, 5.41) is 18.1. The number of likely N-dealkylation sites (N-methyl/N-ethyl adjacent to an activating group) is 1. The number of aliphatic hydroxyl groups is 1. The van der Waals surface area contributed by atoms with Crippen molar-refractivity contribution in [2.75, 3.05) is 7.05 Å². The topological polar surface area (TPSA) is 173 Å². The van der Waals surface area contributed by atoms with E-state index in [1.54, 1.807) is 12.1 Å². The van der Waals surface area contributed by atoms with E-state index in [4.69, 9.17) is 9.31 Å². The molecule has 4 N–H and O–H groups in total. The lowest BCUT2D eigenvalue weighted by atomic mass is 9.70. The van der Waals surface area contributed by atoms with Gasteiger partial charge in [-0.15, -0.1) is 0 Å². The molecule has 1 fully saturated rings. The maximum Gasteiger partial charge on any atom is 0.552 e. The number of ketones is 1. The molecule has 224 valence electrons. The van der Waals surface area contributed by atoms with E-state index in [0.717, 1.165) is 5.56 Å². The second-order valence-electron chi connectivity index (χ2n) is 10.8. The predicted molar refractivity (Wildman–Crippen MR) is 154 cm³/mol. The minimum absolute atomic E-state index is 0.0359. The van der Waals surface area contributed by atoms with Gasteiger partial charge >= 0.3 is 7.12 Å². The second-order valence-corrected chi connectivity index (χ2v) is 10.8. The Balaban J connectivity index is 1.83. The van der Waals surface area contributed by atoms with E-state index in [9.17, 15) is 29.1 Å². The van der Waals surface area contributed by atoms with Gasteiger partial charge in [0.2, 0.25) is 5.91 Å². The standard InChI is InChI=1S/C29H37BN4O8/c1-17(2)14-23(30-41-24(37)16-29(42-30,15-18(3)35)28(40)31-5)33-27(39)25(19(4)36)34-26(38)22-13-9-12-21(32-22)20-10-7-6-8-11-20/h6-13,17,19,23,25,36H,14-16H2,1-5H3,(H,31,40)(H,33,39)(H,34,38)/t19-,23+,25?,29-/m1/s1. The fraction of sp³-hybridized carbons (Fsp3) is 0.448. The summed E-state index contributed by atoms with van der Waals surface area (Å²) < 4.78 is 11.4. The molecule has 4 atom stereocenters. The number of rotatable bonds is 12. The average molecular weight is 580 g/mol. The van der Waals surface area contributed by atoms with Crippen LogP contribution in [0.2, 0.25) is 0 Å². The largest absolute Gasteiger partial charge is 0.552 e. The van der Waals surface area contributed by atoms with E-state index in [1.807, 2.05) is 44.2 Å². The summed E-state index contributed by atoms with van der Waals surface area (Å²) in [5.74, 6) is -4.29. The van der Waals surface area contributed by atoms with E-state index in [0.29, 0.717) is 5.69 Å². The molecule has 1 aliphatic heterocycles. The highest BCUT2D eigenvalue weighted by atomic mass is 16.6. The van der Waals surface area contributed by atoms with Gasteiger partial charge in [-0.05, 0) is 38.3 Å². The Morgan fingerprint density at radius 3 is 2.33 bits per heavy atom. The monoisotopic (exact) mass is 580 g/mol. The van der Waals surface area contributed by atoms with Crippen molar-refractivity contribution in [3.63, 3.8) is 0 Å². The van der Waals surface area contributed by atoms with Crippen LogP contribution in [0, 0.1) is 5.92 Å². The smallest absolute Gasteiger partial charge is 0.508 e. The fourth-order valence-electron chi connectivity index (χ4n) is 4.77. The minimum atomic E-state index is -1.81. The Labute approximate surface area is 245 Å². The molecular weight excluding hydrogens is 543 g/mol. The molecule has 13 heteroatoms. The van der Waals surface area contributed by atoms with Gasteiger partial charge in [-0.2, -0.15) is 0 Å². The van der Waals surface area contributed by atoms with Gasteiger partial charge in [0.1, 0.15) is 17.5 Å². The lowest BCUT2D eigenvalue weighted by Gasteiger charge is -2.39. The van der Waals surface area contributed by atoms with E-state index in [-0.39, 0.29) is 30.2 Å². The maximum absolute atomic E-state index is 13.4. The number of aliphatic hydroxyl groups excluding tert-OH is 1. The zero-order valence-corrected chi connectivity index (χ0v) is 24.4. The molecule has 0 aliphatic carbocycles. The zero-order chi connectivity index (χ0) is 31.0. The number of carbonyl (C=O) groups is 5. The molecule has 0 radical (unpaired) electrons. The first-order chi connectivity index (χ1) is 19.8. The van der Waals surface area contributed by atoms with Crippen molar-refractivity contribution >= 4 is 36.6 Å². The van der Waals surface area contributed by atoms with Crippen LogP contribution in [0.5, 0.6) is 0 Å². The van der Waals surface area contributed by atoms with E-state index >= 15 is 0 Å². The molecular formula is C29H37BN4O8. The first-order valence-corrected chi connectivity index (χ1v) is 13.8. The lowest BCUT2D eigenvalue weighted by Crippen LogP contribution is -2.64. The highest BCUT2D eigenvalue weighted by molar-refractivity contribution is 6.50. The van der Waals surface area contributed by atoms with Crippen molar-refractivity contribution in [3.8, 4) is 11.3 Å². The van der Waals surface area contributed by atoms with Crippen LogP contribution in [-0.2, 0) is 28.5 Å². The van der Waals surface area contributed by atoms with Crippen LogP contribution < -0.4 is 16.0 Å². The number of carbonyl (C=O) groups excluding carboxylic acids is 5. The summed E-state index contributed by atoms with van der Waals surface area (Å²) in [6, 6.07) is 12.7. The van der Waals surface area contributed by atoms with Gasteiger partial charge in [-0.1, -0.05) is 50.2 Å². The van der Waals surface area contributed by atoms with Crippen LogP contribution in [0.25, 0.3) is 11.3 Å². The van der Waals surface area contributed by atoms with Crippen LogP contribution in [0.1, 0.15) is 57.4 Å². The van der Waals surface area contributed by atoms with Gasteiger partial charge in [-0.3, -0.25) is 24.0 Å². The van der Waals surface area contributed by atoms with Gasteiger partial charge in [-0.25, -0.2) is 4.98 Å². The molecule has 0 saturated carbocycles. The normalized spacial score (nSPS) is 18.8. The van der Waals surface area contributed by atoms with Crippen LogP contribution in [-0.4, -0.2) is 77.4 Å². The SMILES string of the molecule is CNC(=O)[C@@]1(CC(C)=O)CC(=O)OB([C@H](CC(C)C)NC(=O)C(NC(=O)c2cccc(-c3ccccc3)n2)[C@@H](C)O)O1. The predicted octanol–water partition coefficient (Wildman–Crippen LogP) is 1.21. The molecule has 42 heavy (non-hydrogen) atoms. The lowest BCUT2D eigenvalue weighted by molar-refractivity contribution is -0.161. The van der Waals surface area contributed by atoms with Gasteiger partial charge in [0.05, 0.1) is 24.2 Å². The molecule has 1 aromatic carbocycles. The summed E-state index contributed by atoms with van der Waals surface area (Å²) in [6.45, 7) is 6.35. The second kappa shape index (κ2) is 14.2. The summed E-state index contributed by atoms with van der Waals surface area (Å²) >= 11 is 0. The molecule has 2 heterocycles. The summed E-state index contributed by atoms with van der Waals surface area (Å²) in [6.07, 6.45) is -1.92. The molecule has 1 saturated heterocycles. The van der Waals surface area contributed by atoms with Crippen molar-refractivity contribution in [1.29, 1.82) is 0 Å². The molecule has 1 aliphatic rings. The zero-order valence-electron chi connectivity index (χ0n) is 24.4. The highest BCUT2D eigenvalue weighted by Gasteiger charge is 2.53. The minimum Gasteiger partial charge on any atom is -0.508 e. The summed E-state index contributed by atoms with van der Waals surface area (Å²) in [7, 11) is -0.0558. The first kappa shape index (κ1) is 32.4. The van der Waals surface area contributed by atoms with Crippen molar-refractivity contribution in [2.45, 2.75) is 70.6 Å². The first-order valence-electron chi connectivity index (χ1n) is 13.8. The number of nitrogens with one attached hydrogen (secondary N) is 3. The number of hydrogen-bond acceptors (Lipinski definition) is 9. The van der Waals surface area contributed by atoms with E-state index in [2.05, 4.69) is 20.9 Å². The number of pyridine rings is 1. The molecule has 3 amide bonds. The Bertz CT molecular complexity index is 1300. The molecule has 1 aromatic heterocycles. The quantitative estimate of drug-likeness (QED) is 0.269. The van der Waals surface area contributed by atoms with Crippen molar-refractivity contribution in [2.24, 2.45) is 5.92 Å². The van der Waals surface area contributed by atoms with Crippen LogP contribution in [0.4, 0.5) is 0 Å². The number of hydrogen-bond donors (Lipinski definition) is 4. The molecule has 1 unspecified atom stereocenters. The van der Waals surface area contributed by atoms with Gasteiger partial charge in [0, 0.05) is 19.0 Å². The fourth-order valence-corrected chi connectivity index (χ4v) is 4.77. The van der Waals surface area contributed by atoms with E-state index in [1.165, 1.54) is 27.0 Å². The van der Waals surface area contributed by atoms with Crippen molar-refractivity contribution in [1.82, 2.24) is 20.9 Å². The third-order valence-corrected chi connectivity index (χ3v) is 6.68. The molecule has 3 rings (SSSR count). The molecule has 12 nitrogen and oxygen atoms in total. The average Bonchev–Trinajstić information content (AvgIpc) is 2.94. The van der Waals surface area contributed by atoms with Gasteiger partial charge in [0.25, 0.3) is 17.8 Å². The van der Waals surface area contributed by atoms with Crippen LogP contribution in [0.15, 0.2) is 48.5 Å². The van der Waals surface area contributed by atoms with Gasteiger partial charge in [0.15, 0.2) is 5.60 Å². The Hall–Kier alpha value is -4.10. The van der Waals surface area contributed by atoms with E-state index < -0.39 is 60.9 Å². The third kappa shape index (κ3) is 8.23. The van der Waals surface area contributed by atoms with Gasteiger partial charge < -0.3 is 30.4 Å². The number of benzene rings is 1. The highest BCUT2D eigenvalue weighted by Crippen LogP contribution is 2.30. The number of Topliss-reactive ketones (excluding diaryl/α,β-unsaturated/α-hetero) is 1. The van der Waals surface area contributed by atoms with Crippen LogP contribution in [0.3, 0.4) is 0 Å². The number of amides is 3. The molecule has 2 aromatic rings. The van der Waals surface area contributed by atoms with Crippen LogP contribution >= 0.6 is 0 Å². The number of nitrogens with zero attached hydrogens (tertiary/aromatic N) is 1. The molecule has 0 spiro atoms. The van der Waals surface area contributed by atoms with Crippen molar-refractivity contribution < 1.29 is 38.4 Å². The maximum atomic E-state index is 13.4. The third-order valence-electron chi connectivity index (χ3n) is 6.68. The molecule has 0 bridgehead atoms. The Kier molecular flexibility index (Phi) is 11.0. The Morgan fingerprint density at radius 2 is 1.74 bits per heavy atom. The summed E-state index contributed by atoms with van der Waals surface area (Å²) in [4.78, 5) is 68.4. The summed E-state index contributed by atoms with van der Waals surface area (Å²) in [5.41, 5.74) is -0.418.